The maximum Gasteiger partial charge on any atom is 0.251 e. The molecule has 0 aliphatic heterocycles. The lowest BCUT2D eigenvalue weighted by Gasteiger charge is -2.10. The van der Waals surface area contributed by atoms with Crippen molar-refractivity contribution in [3.05, 3.63) is 66.1 Å². The molecule has 5 heteroatoms. The number of aromatic amines is 1. The van der Waals surface area contributed by atoms with Crippen LogP contribution in [0.4, 0.5) is 0 Å². The van der Waals surface area contributed by atoms with Crippen LogP contribution < -0.4 is 5.32 Å². The van der Waals surface area contributed by atoms with Crippen molar-refractivity contribution in [3.63, 3.8) is 0 Å². The minimum Gasteiger partial charge on any atom is -0.352 e. The second-order valence-electron chi connectivity index (χ2n) is 7.12. The number of benzene rings is 2. The summed E-state index contributed by atoms with van der Waals surface area (Å²) in [4.78, 5) is 20.5. The van der Waals surface area contributed by atoms with Gasteiger partial charge in [-0.2, -0.15) is 0 Å². The fourth-order valence-electron chi connectivity index (χ4n) is 3.51. The van der Waals surface area contributed by atoms with Gasteiger partial charge < -0.3 is 14.9 Å². The minimum atomic E-state index is -0.0216. The molecule has 0 fully saturated rings. The maximum absolute atomic E-state index is 12.6. The number of hydrogen-bond acceptors (Lipinski definition) is 2. The fourth-order valence-corrected chi connectivity index (χ4v) is 3.51. The number of aryl methyl sites for hydroxylation is 1. The molecule has 2 aromatic heterocycles. The SMILES string of the molecule is CC(C)n1ccc2c(C(=O)NCCCc3nc4ccccc4[nH]3)cccc21. The van der Waals surface area contributed by atoms with Gasteiger partial charge in [0.2, 0.25) is 0 Å². The standard InChI is InChI=1S/C22H24N4O/c1-15(2)26-14-12-16-17(7-5-10-20(16)26)22(27)23-13-6-11-21-24-18-8-3-4-9-19(18)25-21/h3-5,7-10,12,14-15H,6,11,13H2,1-2H3,(H,23,27)(H,24,25). The quantitative estimate of drug-likeness (QED) is 0.499. The highest BCUT2D eigenvalue weighted by Gasteiger charge is 2.13. The zero-order chi connectivity index (χ0) is 18.8. The molecule has 4 rings (SSSR count). The Morgan fingerprint density at radius 3 is 2.81 bits per heavy atom. The first kappa shape index (κ1) is 17.3. The van der Waals surface area contributed by atoms with Gasteiger partial charge in [-0.05, 0) is 50.6 Å². The average Bonchev–Trinajstić information content (AvgIpc) is 3.28. The van der Waals surface area contributed by atoms with E-state index in [9.17, 15) is 4.79 Å². The molecule has 2 aromatic carbocycles. The first-order valence-corrected chi connectivity index (χ1v) is 9.45. The zero-order valence-electron chi connectivity index (χ0n) is 15.7. The molecule has 0 saturated heterocycles. The molecule has 1 amide bonds. The Balaban J connectivity index is 1.39. The van der Waals surface area contributed by atoms with Crippen LogP contribution in [0.1, 0.15) is 42.5 Å². The van der Waals surface area contributed by atoms with Gasteiger partial charge in [-0.15, -0.1) is 0 Å². The number of nitrogens with zero attached hydrogens (tertiary/aromatic N) is 2. The largest absolute Gasteiger partial charge is 0.352 e. The van der Waals surface area contributed by atoms with Crippen molar-refractivity contribution in [1.82, 2.24) is 19.9 Å². The number of imidazole rings is 1. The van der Waals surface area contributed by atoms with E-state index in [4.69, 9.17) is 0 Å². The van der Waals surface area contributed by atoms with E-state index in [2.05, 4.69) is 39.8 Å². The second kappa shape index (κ2) is 7.27. The lowest BCUT2D eigenvalue weighted by atomic mass is 10.1. The number of aromatic nitrogens is 3. The van der Waals surface area contributed by atoms with E-state index in [1.807, 2.05) is 48.7 Å². The number of hydrogen-bond donors (Lipinski definition) is 2. The van der Waals surface area contributed by atoms with E-state index < -0.39 is 0 Å². The summed E-state index contributed by atoms with van der Waals surface area (Å²) in [5.74, 6) is 0.938. The summed E-state index contributed by atoms with van der Waals surface area (Å²) in [5.41, 5.74) is 3.87. The molecule has 0 unspecified atom stereocenters. The number of carbonyl (C=O) groups excluding carboxylic acids is 1. The lowest BCUT2D eigenvalue weighted by Crippen LogP contribution is -2.25. The highest BCUT2D eigenvalue weighted by molar-refractivity contribution is 6.06. The molecule has 2 heterocycles. The van der Waals surface area contributed by atoms with E-state index in [0.29, 0.717) is 12.6 Å². The van der Waals surface area contributed by atoms with Gasteiger partial charge in [0.15, 0.2) is 0 Å². The third-order valence-electron chi connectivity index (χ3n) is 4.88. The Bertz CT molecular complexity index is 1060. The summed E-state index contributed by atoms with van der Waals surface area (Å²) in [6.45, 7) is 4.91. The van der Waals surface area contributed by atoms with Crippen LogP contribution in [0.3, 0.4) is 0 Å². The molecule has 2 N–H and O–H groups in total. The van der Waals surface area contributed by atoms with Crippen LogP contribution >= 0.6 is 0 Å². The third-order valence-corrected chi connectivity index (χ3v) is 4.88. The number of amides is 1. The summed E-state index contributed by atoms with van der Waals surface area (Å²) in [6, 6.07) is 16.3. The molecule has 138 valence electrons. The third kappa shape index (κ3) is 3.45. The molecule has 0 atom stereocenters. The molecule has 0 radical (unpaired) electrons. The van der Waals surface area contributed by atoms with Gasteiger partial charge in [0.1, 0.15) is 5.82 Å². The van der Waals surface area contributed by atoms with Crippen molar-refractivity contribution in [2.24, 2.45) is 0 Å². The normalized spacial score (nSPS) is 11.5. The average molecular weight is 360 g/mol. The van der Waals surface area contributed by atoms with Gasteiger partial charge in [-0.3, -0.25) is 4.79 Å². The number of para-hydroxylation sites is 2. The number of fused-ring (bicyclic) bond motifs is 2. The molecule has 27 heavy (non-hydrogen) atoms. The summed E-state index contributed by atoms with van der Waals surface area (Å²) in [6.07, 6.45) is 3.70. The second-order valence-corrected chi connectivity index (χ2v) is 7.12. The summed E-state index contributed by atoms with van der Waals surface area (Å²) in [5, 5.41) is 4.04. The van der Waals surface area contributed by atoms with Gasteiger partial charge >= 0.3 is 0 Å². The van der Waals surface area contributed by atoms with Crippen LogP contribution in [0.5, 0.6) is 0 Å². The van der Waals surface area contributed by atoms with Crippen molar-refractivity contribution in [1.29, 1.82) is 0 Å². The number of rotatable bonds is 6. The molecule has 5 nitrogen and oxygen atoms in total. The summed E-state index contributed by atoms with van der Waals surface area (Å²) >= 11 is 0. The molecule has 0 aliphatic carbocycles. The van der Waals surface area contributed by atoms with Gasteiger partial charge in [-0.1, -0.05) is 18.2 Å². The first-order chi connectivity index (χ1) is 13.1. The van der Waals surface area contributed by atoms with Crippen LogP contribution in [-0.2, 0) is 6.42 Å². The van der Waals surface area contributed by atoms with E-state index >= 15 is 0 Å². The molecule has 4 aromatic rings. The van der Waals surface area contributed by atoms with E-state index in [0.717, 1.165) is 46.2 Å². The van der Waals surface area contributed by atoms with Gasteiger partial charge in [0.05, 0.1) is 11.0 Å². The Hall–Kier alpha value is -3.08. The van der Waals surface area contributed by atoms with Crippen LogP contribution in [0.15, 0.2) is 54.7 Å². The molecule has 0 bridgehead atoms. The van der Waals surface area contributed by atoms with Gasteiger partial charge in [0, 0.05) is 41.7 Å². The highest BCUT2D eigenvalue weighted by atomic mass is 16.1. The molecule has 0 spiro atoms. The Morgan fingerprint density at radius 2 is 2.00 bits per heavy atom. The topological polar surface area (TPSA) is 62.7 Å². The zero-order valence-corrected chi connectivity index (χ0v) is 15.7. The van der Waals surface area contributed by atoms with Gasteiger partial charge in [0.25, 0.3) is 5.91 Å². The van der Waals surface area contributed by atoms with Crippen LogP contribution in [0.25, 0.3) is 21.9 Å². The van der Waals surface area contributed by atoms with Crippen molar-refractivity contribution in [2.45, 2.75) is 32.7 Å². The molecule has 0 aliphatic rings. The van der Waals surface area contributed by atoms with E-state index in [1.54, 1.807) is 0 Å². The first-order valence-electron chi connectivity index (χ1n) is 9.45. The lowest BCUT2D eigenvalue weighted by molar-refractivity contribution is 0.0955. The van der Waals surface area contributed by atoms with Gasteiger partial charge in [-0.25, -0.2) is 4.98 Å². The van der Waals surface area contributed by atoms with Crippen molar-refractivity contribution < 1.29 is 4.79 Å². The molecular formula is C22H24N4O. The Kier molecular flexibility index (Phi) is 4.67. The van der Waals surface area contributed by atoms with Crippen LogP contribution in [-0.4, -0.2) is 27.0 Å². The van der Waals surface area contributed by atoms with Crippen molar-refractivity contribution >= 4 is 27.8 Å². The molecule has 0 saturated carbocycles. The maximum atomic E-state index is 12.6. The predicted octanol–water partition coefficient (Wildman–Crippen LogP) is 4.46. The Morgan fingerprint density at radius 1 is 1.15 bits per heavy atom. The summed E-state index contributed by atoms with van der Waals surface area (Å²) in [7, 11) is 0. The predicted molar refractivity (Wildman–Crippen MR) is 109 cm³/mol. The van der Waals surface area contributed by atoms with Crippen LogP contribution in [0.2, 0.25) is 0 Å². The summed E-state index contributed by atoms with van der Waals surface area (Å²) < 4.78 is 2.19. The minimum absolute atomic E-state index is 0.0216. The Labute approximate surface area is 158 Å². The highest BCUT2D eigenvalue weighted by Crippen LogP contribution is 2.23. The van der Waals surface area contributed by atoms with E-state index in [-0.39, 0.29) is 5.91 Å². The number of nitrogens with one attached hydrogen (secondary N) is 2. The monoisotopic (exact) mass is 360 g/mol. The van der Waals surface area contributed by atoms with Crippen LogP contribution in [0, 0.1) is 0 Å². The number of carbonyl (C=O) groups is 1. The number of H-pyrrole nitrogens is 1. The fraction of sp³-hybridized carbons (Fsp3) is 0.273. The van der Waals surface area contributed by atoms with Crippen molar-refractivity contribution in [3.8, 4) is 0 Å². The van der Waals surface area contributed by atoms with E-state index in [1.165, 1.54) is 0 Å². The smallest absolute Gasteiger partial charge is 0.251 e. The van der Waals surface area contributed by atoms with Crippen molar-refractivity contribution in [2.75, 3.05) is 6.54 Å². The molecular weight excluding hydrogens is 336 g/mol.